The van der Waals surface area contributed by atoms with Gasteiger partial charge in [-0.25, -0.2) is 0 Å². The van der Waals surface area contributed by atoms with Gasteiger partial charge in [0.25, 0.3) is 0 Å². The van der Waals surface area contributed by atoms with Crippen LogP contribution in [0.4, 0.5) is 0 Å². The summed E-state index contributed by atoms with van der Waals surface area (Å²) in [5, 5.41) is 4.31. The lowest BCUT2D eigenvalue weighted by Gasteiger charge is -2.28. The number of rotatable bonds is 6. The molecule has 1 aromatic heterocycles. The number of morpholine rings is 1. The Morgan fingerprint density at radius 3 is 2.53 bits per heavy atom. The molecule has 0 bridgehead atoms. The van der Waals surface area contributed by atoms with Gasteiger partial charge in [0.1, 0.15) is 31.3 Å². The van der Waals surface area contributed by atoms with E-state index in [2.05, 4.69) is 62.5 Å². The zero-order valence-electron chi connectivity index (χ0n) is 18.1. The summed E-state index contributed by atoms with van der Waals surface area (Å²) in [5.41, 5.74) is 6.51. The molecule has 1 fully saturated rings. The van der Waals surface area contributed by atoms with Crippen LogP contribution in [0.15, 0.2) is 47.1 Å². The zero-order valence-corrected chi connectivity index (χ0v) is 18.1. The highest BCUT2D eigenvalue weighted by Crippen LogP contribution is 2.27. The lowest BCUT2D eigenvalue weighted by atomic mass is 10.0. The van der Waals surface area contributed by atoms with Crippen molar-refractivity contribution < 1.29 is 18.8 Å². The molecule has 0 aliphatic carbocycles. The number of carbonyl (C=O) groups excluding carboxylic acids is 1. The van der Waals surface area contributed by atoms with Crippen LogP contribution in [0.25, 0.3) is 11.0 Å². The van der Waals surface area contributed by atoms with Gasteiger partial charge < -0.3 is 19.4 Å². The third-order valence-corrected chi connectivity index (χ3v) is 6.20. The number of furan rings is 1. The van der Waals surface area contributed by atoms with Crippen LogP contribution in [0.1, 0.15) is 33.9 Å². The number of ether oxygens (including phenoxy) is 1. The molecule has 5 heteroatoms. The second-order valence-corrected chi connectivity index (χ2v) is 8.42. The molecule has 1 amide bonds. The molecule has 1 aliphatic rings. The Labute approximate surface area is 178 Å². The Morgan fingerprint density at radius 1 is 1.07 bits per heavy atom. The maximum Gasteiger partial charge on any atom is 0.225 e. The van der Waals surface area contributed by atoms with Crippen LogP contribution < -0.4 is 10.2 Å². The highest BCUT2D eigenvalue weighted by Gasteiger charge is 2.23. The Balaban J connectivity index is 1.51. The molecule has 2 N–H and O–H groups in total. The summed E-state index contributed by atoms with van der Waals surface area (Å²) >= 11 is 0. The molecule has 0 saturated carbocycles. The highest BCUT2D eigenvalue weighted by atomic mass is 16.5. The fourth-order valence-electron chi connectivity index (χ4n) is 4.15. The first-order valence-corrected chi connectivity index (χ1v) is 10.7. The predicted octanol–water partition coefficient (Wildman–Crippen LogP) is 2.67. The van der Waals surface area contributed by atoms with E-state index in [0.717, 1.165) is 60.5 Å². The van der Waals surface area contributed by atoms with Crippen LogP contribution in [0.5, 0.6) is 0 Å². The summed E-state index contributed by atoms with van der Waals surface area (Å²) in [6.45, 7) is 10.6. The van der Waals surface area contributed by atoms with E-state index in [1.165, 1.54) is 16.0 Å². The van der Waals surface area contributed by atoms with Crippen molar-refractivity contribution in [2.45, 2.75) is 33.2 Å². The van der Waals surface area contributed by atoms with Crippen molar-refractivity contribution in [3.63, 3.8) is 0 Å². The van der Waals surface area contributed by atoms with Crippen molar-refractivity contribution in [1.82, 2.24) is 5.32 Å². The van der Waals surface area contributed by atoms with E-state index in [1.54, 1.807) is 6.26 Å². The summed E-state index contributed by atoms with van der Waals surface area (Å²) in [5.74, 6) is 0.0224. The summed E-state index contributed by atoms with van der Waals surface area (Å²) in [4.78, 5) is 14.5. The molecule has 2 aromatic carbocycles. The van der Waals surface area contributed by atoms with Gasteiger partial charge in [-0.05, 0) is 37.5 Å². The summed E-state index contributed by atoms with van der Waals surface area (Å²) in [7, 11) is 0. The molecule has 4 rings (SSSR count). The number of benzene rings is 2. The molecule has 1 atom stereocenters. The monoisotopic (exact) mass is 407 g/mol. The largest absolute Gasteiger partial charge is 0.464 e. The van der Waals surface area contributed by atoms with E-state index in [1.807, 2.05) is 0 Å². The highest BCUT2D eigenvalue weighted by molar-refractivity contribution is 5.89. The molecule has 5 nitrogen and oxygen atoms in total. The minimum absolute atomic E-state index is 0.0201. The fraction of sp³-hybridized carbons (Fsp3) is 0.400. The number of quaternary nitrogens is 1. The molecule has 30 heavy (non-hydrogen) atoms. The predicted molar refractivity (Wildman–Crippen MR) is 118 cm³/mol. The van der Waals surface area contributed by atoms with Crippen LogP contribution in [0.3, 0.4) is 0 Å². The van der Waals surface area contributed by atoms with Gasteiger partial charge in [-0.3, -0.25) is 4.79 Å². The maximum absolute atomic E-state index is 13.0. The van der Waals surface area contributed by atoms with Gasteiger partial charge in [0, 0.05) is 10.9 Å². The molecular formula is C25H31N2O3+. The number of nitrogens with one attached hydrogen (secondary N) is 2. The van der Waals surface area contributed by atoms with Gasteiger partial charge in [-0.2, -0.15) is 0 Å². The maximum atomic E-state index is 13.0. The van der Waals surface area contributed by atoms with Gasteiger partial charge in [0.15, 0.2) is 0 Å². The van der Waals surface area contributed by atoms with E-state index in [-0.39, 0.29) is 11.9 Å². The second-order valence-electron chi connectivity index (χ2n) is 8.42. The number of hydrogen-bond donors (Lipinski definition) is 2. The van der Waals surface area contributed by atoms with Crippen molar-refractivity contribution in [2.24, 2.45) is 0 Å². The molecular weight excluding hydrogens is 376 g/mol. The average Bonchev–Trinajstić information content (AvgIpc) is 3.15. The third-order valence-electron chi connectivity index (χ3n) is 6.20. The first-order valence-electron chi connectivity index (χ1n) is 10.7. The quantitative estimate of drug-likeness (QED) is 0.661. The van der Waals surface area contributed by atoms with Crippen LogP contribution in [0.2, 0.25) is 0 Å². The van der Waals surface area contributed by atoms with E-state index in [4.69, 9.17) is 9.15 Å². The number of aryl methyl sites for hydroxylation is 3. The van der Waals surface area contributed by atoms with E-state index in [9.17, 15) is 4.79 Å². The minimum Gasteiger partial charge on any atom is -0.464 e. The Kier molecular flexibility index (Phi) is 6.21. The van der Waals surface area contributed by atoms with Crippen molar-refractivity contribution in [2.75, 3.05) is 32.8 Å². The van der Waals surface area contributed by atoms with E-state index in [0.29, 0.717) is 6.42 Å². The standard InChI is InChI=1S/C25H30N2O3/c1-17-4-7-20(8-5-17)23(15-27-10-12-29-13-11-27)26-24(28)14-21-16-30-25-19(3)18(2)6-9-22(21)25/h4-9,16,23H,10-15H2,1-3H3,(H,26,28)/p+1/t23-/m1/s1. The topological polar surface area (TPSA) is 55.9 Å². The van der Waals surface area contributed by atoms with Crippen molar-refractivity contribution in [1.29, 1.82) is 0 Å². The number of carbonyl (C=O) groups is 1. The lowest BCUT2D eigenvalue weighted by molar-refractivity contribution is -0.909. The van der Waals surface area contributed by atoms with Gasteiger partial charge in [0.2, 0.25) is 5.91 Å². The molecule has 2 heterocycles. The smallest absolute Gasteiger partial charge is 0.225 e. The number of hydrogen-bond acceptors (Lipinski definition) is 3. The molecule has 0 spiro atoms. The van der Waals surface area contributed by atoms with Gasteiger partial charge in [-0.15, -0.1) is 0 Å². The first kappa shape index (κ1) is 20.6. The molecule has 0 unspecified atom stereocenters. The van der Waals surface area contributed by atoms with Gasteiger partial charge in [0.05, 0.1) is 25.9 Å². The van der Waals surface area contributed by atoms with Gasteiger partial charge in [-0.1, -0.05) is 42.0 Å². The van der Waals surface area contributed by atoms with Crippen LogP contribution in [0, 0.1) is 20.8 Å². The Hall–Kier alpha value is -2.63. The van der Waals surface area contributed by atoms with Crippen molar-refractivity contribution in [3.05, 3.63) is 70.5 Å². The van der Waals surface area contributed by atoms with Crippen molar-refractivity contribution in [3.8, 4) is 0 Å². The van der Waals surface area contributed by atoms with Crippen LogP contribution in [-0.2, 0) is 16.0 Å². The van der Waals surface area contributed by atoms with E-state index >= 15 is 0 Å². The molecule has 1 saturated heterocycles. The third kappa shape index (κ3) is 4.58. The molecule has 3 aromatic rings. The normalized spacial score (nSPS) is 16.0. The summed E-state index contributed by atoms with van der Waals surface area (Å²) in [6, 6.07) is 12.6. The zero-order chi connectivity index (χ0) is 21.1. The summed E-state index contributed by atoms with van der Waals surface area (Å²) in [6.07, 6.45) is 2.04. The SMILES string of the molecule is Cc1ccc([C@@H](C[NH+]2CCOCC2)NC(=O)Cc2coc3c(C)c(C)ccc23)cc1. The van der Waals surface area contributed by atoms with Crippen molar-refractivity contribution >= 4 is 16.9 Å². The molecule has 0 radical (unpaired) electrons. The summed E-state index contributed by atoms with van der Waals surface area (Å²) < 4.78 is 11.3. The number of amides is 1. The van der Waals surface area contributed by atoms with E-state index < -0.39 is 0 Å². The van der Waals surface area contributed by atoms with Crippen LogP contribution in [-0.4, -0.2) is 38.8 Å². The average molecular weight is 408 g/mol. The Bertz CT molecular complexity index is 1020. The van der Waals surface area contributed by atoms with Gasteiger partial charge >= 0.3 is 0 Å². The number of fused-ring (bicyclic) bond motifs is 1. The minimum atomic E-state index is -0.0201. The first-order chi connectivity index (χ1) is 14.5. The Morgan fingerprint density at radius 2 is 1.80 bits per heavy atom. The second kappa shape index (κ2) is 9.02. The fourth-order valence-corrected chi connectivity index (χ4v) is 4.15. The molecule has 158 valence electrons. The lowest BCUT2D eigenvalue weighted by Crippen LogP contribution is -3.14. The molecule has 1 aliphatic heterocycles. The van der Waals surface area contributed by atoms with Crippen LogP contribution >= 0.6 is 0 Å².